The third-order valence-corrected chi connectivity index (χ3v) is 0.581. The molecule has 0 aromatic heterocycles. The van der Waals surface area contributed by atoms with E-state index in [4.69, 9.17) is 16.9 Å². The minimum absolute atomic E-state index is 0.162. The molecule has 0 atom stereocenters. The van der Waals surface area contributed by atoms with Crippen molar-refractivity contribution < 1.29 is 0 Å². The zero-order chi connectivity index (χ0) is 5.70. The molecule has 0 amide bonds. The molecular formula is C5H4ClN. The molecule has 7 heavy (non-hydrogen) atoms. The molecule has 0 rings (SSSR count). The van der Waals surface area contributed by atoms with E-state index in [-0.39, 0.29) is 5.03 Å². The lowest BCUT2D eigenvalue weighted by Crippen LogP contribution is -1.55. The van der Waals surface area contributed by atoms with Gasteiger partial charge in [-0.2, -0.15) is 5.26 Å². The molecule has 0 heterocycles. The molecule has 0 aromatic carbocycles. The third kappa shape index (κ3) is 3.08. The lowest BCUT2D eigenvalue weighted by atomic mass is 10.5. The zero-order valence-corrected chi connectivity index (χ0v) is 4.44. The minimum Gasteiger partial charge on any atom is -0.191 e. The first-order valence-corrected chi connectivity index (χ1v) is 2.07. The molecule has 36 valence electrons. The molecule has 1 nitrogen and oxygen atoms in total. The van der Waals surface area contributed by atoms with Crippen LogP contribution in [0.15, 0.2) is 23.8 Å². The molecule has 2 heteroatoms. The highest BCUT2D eigenvalue weighted by Crippen LogP contribution is 1.95. The summed E-state index contributed by atoms with van der Waals surface area (Å²) in [5.41, 5.74) is 0. The van der Waals surface area contributed by atoms with Crippen LogP contribution in [0.1, 0.15) is 0 Å². The van der Waals surface area contributed by atoms with Crippen LogP contribution in [0.4, 0.5) is 0 Å². The van der Waals surface area contributed by atoms with Crippen LogP contribution in [0.2, 0.25) is 0 Å². The molecule has 0 radical (unpaired) electrons. The van der Waals surface area contributed by atoms with Crippen LogP contribution in [0.3, 0.4) is 0 Å². The minimum atomic E-state index is 0.162. The Morgan fingerprint density at radius 3 is 2.57 bits per heavy atom. The first-order chi connectivity index (χ1) is 3.31. The number of halogens is 1. The summed E-state index contributed by atoms with van der Waals surface area (Å²) in [4.78, 5) is 0. The first kappa shape index (κ1) is 6.26. The molecule has 0 aliphatic heterocycles. The summed E-state index contributed by atoms with van der Waals surface area (Å²) in [5.74, 6) is 0. The number of nitriles is 1. The Hall–Kier alpha value is -0.740. The van der Waals surface area contributed by atoms with Crippen molar-refractivity contribution in [2.75, 3.05) is 0 Å². The van der Waals surface area contributed by atoms with Crippen molar-refractivity contribution >= 4 is 11.6 Å². The SMILES string of the molecule is C=CC=C(Cl)C#N. The summed E-state index contributed by atoms with van der Waals surface area (Å²) in [6, 6.07) is 1.72. The molecular weight excluding hydrogens is 110 g/mol. The number of allylic oxidation sites excluding steroid dienone is 3. The van der Waals surface area contributed by atoms with E-state index in [0.717, 1.165) is 0 Å². The summed E-state index contributed by atoms with van der Waals surface area (Å²) >= 11 is 5.19. The summed E-state index contributed by atoms with van der Waals surface area (Å²) in [7, 11) is 0. The second-order valence-electron chi connectivity index (χ2n) is 0.862. The van der Waals surface area contributed by atoms with Crippen molar-refractivity contribution in [3.63, 3.8) is 0 Å². The standard InChI is InChI=1S/C5H4ClN/c1-2-3-5(6)4-7/h2-3H,1H2. The maximum absolute atomic E-state index is 7.97. The molecule has 0 aliphatic carbocycles. The Balaban J connectivity index is 3.80. The maximum atomic E-state index is 7.97. The predicted octanol–water partition coefficient (Wildman–Crippen LogP) is 1.82. The van der Waals surface area contributed by atoms with Gasteiger partial charge in [0.15, 0.2) is 0 Å². The van der Waals surface area contributed by atoms with E-state index in [0.29, 0.717) is 0 Å². The largest absolute Gasteiger partial charge is 0.191 e. The Morgan fingerprint density at radius 2 is 2.43 bits per heavy atom. The fourth-order valence-electron chi connectivity index (χ4n) is 0.141. The van der Waals surface area contributed by atoms with Crippen molar-refractivity contribution in [2.45, 2.75) is 0 Å². The molecule has 0 spiro atoms. The monoisotopic (exact) mass is 113 g/mol. The van der Waals surface area contributed by atoms with E-state index in [1.807, 2.05) is 0 Å². The smallest absolute Gasteiger partial charge is 0.118 e. The maximum Gasteiger partial charge on any atom is 0.118 e. The Morgan fingerprint density at radius 1 is 1.86 bits per heavy atom. The van der Waals surface area contributed by atoms with Gasteiger partial charge in [-0.3, -0.25) is 0 Å². The summed E-state index contributed by atoms with van der Waals surface area (Å²) in [5, 5.41) is 8.13. The van der Waals surface area contributed by atoms with E-state index >= 15 is 0 Å². The highest BCUT2D eigenvalue weighted by Gasteiger charge is 1.77. The van der Waals surface area contributed by atoms with Gasteiger partial charge in [0.1, 0.15) is 11.1 Å². The van der Waals surface area contributed by atoms with Gasteiger partial charge >= 0.3 is 0 Å². The summed E-state index contributed by atoms with van der Waals surface area (Å²) in [6.45, 7) is 3.34. The highest BCUT2D eigenvalue weighted by atomic mass is 35.5. The normalized spacial score (nSPS) is 10.0. The van der Waals surface area contributed by atoms with E-state index < -0.39 is 0 Å². The van der Waals surface area contributed by atoms with Crippen LogP contribution in [-0.4, -0.2) is 0 Å². The van der Waals surface area contributed by atoms with Gasteiger partial charge in [0.25, 0.3) is 0 Å². The van der Waals surface area contributed by atoms with Gasteiger partial charge in [-0.1, -0.05) is 24.3 Å². The molecule has 0 fully saturated rings. The molecule has 0 aromatic rings. The van der Waals surface area contributed by atoms with Crippen molar-refractivity contribution in [1.82, 2.24) is 0 Å². The lowest BCUT2D eigenvalue weighted by molar-refractivity contribution is 1.52. The van der Waals surface area contributed by atoms with Gasteiger partial charge in [-0.15, -0.1) is 0 Å². The van der Waals surface area contributed by atoms with Gasteiger partial charge in [0, 0.05) is 0 Å². The van der Waals surface area contributed by atoms with Crippen molar-refractivity contribution in [1.29, 1.82) is 5.26 Å². The third-order valence-electron chi connectivity index (χ3n) is 0.371. The summed E-state index contributed by atoms with van der Waals surface area (Å²) < 4.78 is 0. The fourth-order valence-corrected chi connectivity index (χ4v) is 0.230. The summed E-state index contributed by atoms with van der Waals surface area (Å²) in [6.07, 6.45) is 2.90. The van der Waals surface area contributed by atoms with Crippen LogP contribution in [0, 0.1) is 11.3 Å². The van der Waals surface area contributed by atoms with E-state index in [1.165, 1.54) is 12.2 Å². The van der Waals surface area contributed by atoms with E-state index in [2.05, 4.69) is 6.58 Å². The molecule has 0 saturated heterocycles. The topological polar surface area (TPSA) is 23.8 Å². The van der Waals surface area contributed by atoms with E-state index in [9.17, 15) is 0 Å². The van der Waals surface area contributed by atoms with Crippen molar-refractivity contribution in [3.05, 3.63) is 23.8 Å². The van der Waals surface area contributed by atoms with Crippen LogP contribution in [0.5, 0.6) is 0 Å². The van der Waals surface area contributed by atoms with Gasteiger partial charge in [0.2, 0.25) is 0 Å². The van der Waals surface area contributed by atoms with E-state index in [1.54, 1.807) is 6.07 Å². The van der Waals surface area contributed by atoms with Crippen LogP contribution < -0.4 is 0 Å². The predicted molar refractivity (Wildman–Crippen MR) is 29.7 cm³/mol. The van der Waals surface area contributed by atoms with Gasteiger partial charge in [-0.05, 0) is 6.08 Å². The van der Waals surface area contributed by atoms with Crippen LogP contribution in [-0.2, 0) is 0 Å². The first-order valence-electron chi connectivity index (χ1n) is 1.69. The molecule has 0 N–H and O–H groups in total. The second kappa shape index (κ2) is 3.45. The Kier molecular flexibility index (Phi) is 3.09. The number of hydrogen-bond acceptors (Lipinski definition) is 1. The van der Waals surface area contributed by atoms with Gasteiger partial charge in [-0.25, -0.2) is 0 Å². The molecule has 0 bridgehead atoms. The molecule has 0 unspecified atom stereocenters. The average molecular weight is 114 g/mol. The Bertz CT molecular complexity index is 130. The van der Waals surface area contributed by atoms with Gasteiger partial charge in [0.05, 0.1) is 0 Å². The average Bonchev–Trinajstić information content (AvgIpc) is 1.68. The number of hydrogen-bond donors (Lipinski definition) is 0. The number of nitrogens with zero attached hydrogens (tertiary/aromatic N) is 1. The van der Waals surface area contributed by atoms with Crippen LogP contribution in [0.25, 0.3) is 0 Å². The quantitative estimate of drug-likeness (QED) is 0.376. The van der Waals surface area contributed by atoms with Crippen LogP contribution >= 0.6 is 11.6 Å². The van der Waals surface area contributed by atoms with Gasteiger partial charge < -0.3 is 0 Å². The highest BCUT2D eigenvalue weighted by molar-refractivity contribution is 6.31. The number of rotatable bonds is 1. The molecule has 0 saturated carbocycles. The molecule has 0 aliphatic rings. The van der Waals surface area contributed by atoms with Crippen molar-refractivity contribution in [2.24, 2.45) is 0 Å². The second-order valence-corrected chi connectivity index (χ2v) is 1.27. The lowest BCUT2D eigenvalue weighted by Gasteiger charge is -1.69. The fraction of sp³-hybridized carbons (Fsp3) is 0. The van der Waals surface area contributed by atoms with Crippen molar-refractivity contribution in [3.8, 4) is 6.07 Å². The Labute approximate surface area is 47.5 Å². The zero-order valence-electron chi connectivity index (χ0n) is 3.69.